The van der Waals surface area contributed by atoms with Crippen molar-refractivity contribution >= 4 is 17.0 Å². The van der Waals surface area contributed by atoms with Gasteiger partial charge in [-0.3, -0.25) is 0 Å². The lowest BCUT2D eigenvalue weighted by Crippen LogP contribution is -1.96. The number of aliphatic hydroxyl groups is 1. The highest BCUT2D eigenvalue weighted by Crippen LogP contribution is 2.26. The van der Waals surface area contributed by atoms with Crippen LogP contribution >= 0.6 is 0 Å². The van der Waals surface area contributed by atoms with E-state index < -0.39 is 11.7 Å². The summed E-state index contributed by atoms with van der Waals surface area (Å²) < 4.78 is 10.3. The molecule has 2 aromatic rings. The molecule has 0 aliphatic rings. The molecule has 0 saturated heterocycles. The van der Waals surface area contributed by atoms with Crippen LogP contribution in [0, 0.1) is 0 Å². The maximum Gasteiger partial charge on any atom is 0.336 e. The summed E-state index contributed by atoms with van der Waals surface area (Å²) in [6.07, 6.45) is 2.90. The molecule has 1 N–H and O–H groups in total. The Bertz CT molecular complexity index is 638. The summed E-state index contributed by atoms with van der Waals surface area (Å²) in [5, 5.41) is 10.0. The quantitative estimate of drug-likeness (QED) is 0.843. The van der Waals surface area contributed by atoms with E-state index in [0.29, 0.717) is 11.3 Å². The van der Waals surface area contributed by atoms with Crippen LogP contribution in [0.1, 0.15) is 12.5 Å². The average Bonchev–Trinajstić information content (AvgIpc) is 2.35. The Hall–Kier alpha value is -2.07. The standard InChI is InChI=1S/C14H14O4/c1-9(15)3-4-10-7-11-5-6-14(16)18-13(11)8-12(10)17-2/h3-9,15H,1-2H3/b4-3+. The van der Waals surface area contributed by atoms with Gasteiger partial charge >= 0.3 is 5.63 Å². The van der Waals surface area contributed by atoms with E-state index in [2.05, 4.69) is 0 Å². The minimum atomic E-state index is -0.529. The molecule has 0 bridgehead atoms. The van der Waals surface area contributed by atoms with Gasteiger partial charge in [0.2, 0.25) is 0 Å². The Balaban J connectivity index is 2.59. The van der Waals surface area contributed by atoms with E-state index in [1.54, 1.807) is 38.3 Å². The number of benzene rings is 1. The van der Waals surface area contributed by atoms with Crippen molar-refractivity contribution in [3.8, 4) is 5.75 Å². The van der Waals surface area contributed by atoms with Crippen LogP contribution in [0.5, 0.6) is 5.75 Å². The number of hydrogen-bond donors (Lipinski definition) is 1. The molecule has 1 atom stereocenters. The number of rotatable bonds is 3. The number of aliphatic hydroxyl groups excluding tert-OH is 1. The van der Waals surface area contributed by atoms with Crippen molar-refractivity contribution in [3.05, 3.63) is 46.3 Å². The number of ether oxygens (including phenoxy) is 1. The van der Waals surface area contributed by atoms with E-state index in [-0.39, 0.29) is 0 Å². The summed E-state index contributed by atoms with van der Waals surface area (Å²) in [6.45, 7) is 1.67. The second kappa shape index (κ2) is 5.06. The highest BCUT2D eigenvalue weighted by atomic mass is 16.5. The third-order valence-electron chi connectivity index (χ3n) is 2.53. The summed E-state index contributed by atoms with van der Waals surface area (Å²) in [6, 6.07) is 6.58. The second-order valence-corrected chi connectivity index (χ2v) is 3.99. The van der Waals surface area contributed by atoms with Crippen molar-refractivity contribution in [2.75, 3.05) is 7.11 Å². The fourth-order valence-electron chi connectivity index (χ4n) is 1.66. The fraction of sp³-hybridized carbons (Fsp3) is 0.214. The maximum atomic E-state index is 11.1. The topological polar surface area (TPSA) is 59.7 Å². The average molecular weight is 246 g/mol. The first-order chi connectivity index (χ1) is 8.60. The highest BCUT2D eigenvalue weighted by Gasteiger charge is 2.05. The molecule has 1 aromatic carbocycles. The maximum absolute atomic E-state index is 11.1. The van der Waals surface area contributed by atoms with Crippen molar-refractivity contribution < 1.29 is 14.3 Å². The van der Waals surface area contributed by atoms with Gasteiger partial charge in [0.25, 0.3) is 0 Å². The van der Waals surface area contributed by atoms with Crippen LogP contribution in [0.15, 0.2) is 39.6 Å². The smallest absolute Gasteiger partial charge is 0.336 e. The van der Waals surface area contributed by atoms with Crippen LogP contribution in [0.4, 0.5) is 0 Å². The van der Waals surface area contributed by atoms with Gasteiger partial charge in [-0.2, -0.15) is 0 Å². The zero-order chi connectivity index (χ0) is 13.1. The molecule has 4 nitrogen and oxygen atoms in total. The van der Waals surface area contributed by atoms with Crippen LogP contribution in [0.3, 0.4) is 0 Å². The third-order valence-corrected chi connectivity index (χ3v) is 2.53. The summed E-state index contributed by atoms with van der Waals surface area (Å²) >= 11 is 0. The lowest BCUT2D eigenvalue weighted by atomic mass is 10.1. The number of fused-ring (bicyclic) bond motifs is 1. The van der Waals surface area contributed by atoms with Crippen LogP contribution < -0.4 is 10.4 Å². The number of methoxy groups -OCH3 is 1. The molecule has 0 saturated carbocycles. The van der Waals surface area contributed by atoms with Crippen LogP contribution in [-0.2, 0) is 0 Å². The molecular weight excluding hydrogens is 232 g/mol. The van der Waals surface area contributed by atoms with Gasteiger partial charge in [-0.1, -0.05) is 12.2 Å². The molecule has 1 heterocycles. The first-order valence-corrected chi connectivity index (χ1v) is 5.58. The molecule has 1 aromatic heterocycles. The number of hydrogen-bond acceptors (Lipinski definition) is 4. The summed E-state index contributed by atoms with van der Waals surface area (Å²) in [7, 11) is 1.54. The molecule has 0 radical (unpaired) electrons. The van der Waals surface area contributed by atoms with Crippen LogP contribution in [-0.4, -0.2) is 18.3 Å². The second-order valence-electron chi connectivity index (χ2n) is 3.99. The molecule has 2 rings (SSSR count). The Morgan fingerprint density at radius 2 is 2.17 bits per heavy atom. The summed E-state index contributed by atoms with van der Waals surface area (Å²) in [5.74, 6) is 0.591. The van der Waals surface area contributed by atoms with Gasteiger partial charge in [0.05, 0.1) is 13.2 Å². The normalized spacial score (nSPS) is 13.1. The van der Waals surface area contributed by atoms with Crippen molar-refractivity contribution in [2.24, 2.45) is 0 Å². The Kier molecular flexibility index (Phi) is 3.48. The summed E-state index contributed by atoms with van der Waals surface area (Å²) in [5.41, 5.74) is 0.908. The monoisotopic (exact) mass is 246 g/mol. The molecule has 1 unspecified atom stereocenters. The first kappa shape index (κ1) is 12.4. The SMILES string of the molecule is COc1cc2oc(=O)ccc2cc1/C=C/C(C)O. The predicted octanol–water partition coefficient (Wildman–Crippen LogP) is 2.20. The molecule has 4 heteroatoms. The molecule has 18 heavy (non-hydrogen) atoms. The van der Waals surface area contributed by atoms with Gasteiger partial charge < -0.3 is 14.3 Å². The summed E-state index contributed by atoms with van der Waals surface area (Å²) in [4.78, 5) is 11.1. The predicted molar refractivity (Wildman–Crippen MR) is 69.8 cm³/mol. The van der Waals surface area contributed by atoms with E-state index in [4.69, 9.17) is 9.15 Å². The lowest BCUT2D eigenvalue weighted by molar-refractivity contribution is 0.245. The minimum Gasteiger partial charge on any atom is -0.496 e. The third kappa shape index (κ3) is 2.60. The molecule has 0 aliphatic heterocycles. The zero-order valence-electron chi connectivity index (χ0n) is 10.2. The fourth-order valence-corrected chi connectivity index (χ4v) is 1.66. The van der Waals surface area contributed by atoms with Crippen molar-refractivity contribution in [1.29, 1.82) is 0 Å². The Morgan fingerprint density at radius 3 is 2.83 bits per heavy atom. The van der Waals surface area contributed by atoms with Gasteiger partial charge in [0, 0.05) is 23.1 Å². The first-order valence-electron chi connectivity index (χ1n) is 5.58. The molecule has 0 fully saturated rings. The van der Waals surface area contributed by atoms with Gasteiger partial charge in [-0.15, -0.1) is 0 Å². The molecule has 0 spiro atoms. The van der Waals surface area contributed by atoms with E-state index >= 15 is 0 Å². The van der Waals surface area contributed by atoms with E-state index in [1.165, 1.54) is 6.07 Å². The van der Waals surface area contributed by atoms with E-state index in [9.17, 15) is 9.90 Å². The van der Waals surface area contributed by atoms with Gasteiger partial charge in [-0.25, -0.2) is 4.79 Å². The van der Waals surface area contributed by atoms with Crippen molar-refractivity contribution in [1.82, 2.24) is 0 Å². The van der Waals surface area contributed by atoms with Gasteiger partial charge in [0.1, 0.15) is 11.3 Å². The van der Waals surface area contributed by atoms with Crippen LogP contribution in [0.2, 0.25) is 0 Å². The van der Waals surface area contributed by atoms with Gasteiger partial charge in [0.15, 0.2) is 0 Å². The van der Waals surface area contributed by atoms with Gasteiger partial charge in [-0.05, 0) is 19.1 Å². The van der Waals surface area contributed by atoms with E-state index in [1.807, 2.05) is 6.07 Å². The van der Waals surface area contributed by atoms with E-state index in [0.717, 1.165) is 10.9 Å². The van der Waals surface area contributed by atoms with Crippen molar-refractivity contribution in [2.45, 2.75) is 13.0 Å². The largest absolute Gasteiger partial charge is 0.496 e. The Labute approximate surface area is 104 Å². The minimum absolute atomic E-state index is 0.392. The molecular formula is C14H14O4. The molecule has 0 amide bonds. The van der Waals surface area contributed by atoms with Crippen molar-refractivity contribution in [3.63, 3.8) is 0 Å². The molecule has 94 valence electrons. The van der Waals surface area contributed by atoms with Crippen LogP contribution in [0.25, 0.3) is 17.0 Å². The zero-order valence-corrected chi connectivity index (χ0v) is 10.2. The highest BCUT2D eigenvalue weighted by molar-refractivity contribution is 5.82. The molecule has 0 aliphatic carbocycles. The lowest BCUT2D eigenvalue weighted by Gasteiger charge is -2.06. The Morgan fingerprint density at radius 1 is 1.39 bits per heavy atom.